The highest BCUT2D eigenvalue weighted by Crippen LogP contribution is 2.15. The smallest absolute Gasteiger partial charge is 0.191 e. The van der Waals surface area contributed by atoms with Gasteiger partial charge in [-0.05, 0) is 37.8 Å². The van der Waals surface area contributed by atoms with Gasteiger partial charge in [-0.25, -0.2) is 8.78 Å². The molecule has 1 aromatic carbocycles. The monoisotopic (exact) mass is 315 g/mol. The third-order valence-corrected chi connectivity index (χ3v) is 4.00. The Labute approximate surface area is 129 Å². The van der Waals surface area contributed by atoms with Crippen molar-refractivity contribution in [2.24, 2.45) is 4.99 Å². The van der Waals surface area contributed by atoms with Crippen molar-refractivity contribution in [3.05, 3.63) is 35.4 Å². The van der Waals surface area contributed by atoms with Crippen molar-refractivity contribution >= 4 is 17.7 Å². The van der Waals surface area contributed by atoms with Crippen LogP contribution in [0.3, 0.4) is 0 Å². The number of nitrogens with one attached hydrogen (secondary N) is 2. The van der Waals surface area contributed by atoms with Crippen molar-refractivity contribution in [3.63, 3.8) is 0 Å². The molecule has 0 fully saturated rings. The van der Waals surface area contributed by atoms with Gasteiger partial charge in [0.05, 0.1) is 12.6 Å². The molecule has 0 radical (unpaired) electrons. The molecule has 1 aromatic rings. The predicted octanol–water partition coefficient (Wildman–Crippen LogP) is 3.33. The molecule has 0 saturated carbocycles. The summed E-state index contributed by atoms with van der Waals surface area (Å²) in [6.07, 6.45) is 2.05. The summed E-state index contributed by atoms with van der Waals surface area (Å²) < 4.78 is 26.2. The van der Waals surface area contributed by atoms with Gasteiger partial charge in [-0.2, -0.15) is 11.8 Å². The van der Waals surface area contributed by atoms with Crippen molar-refractivity contribution in [2.45, 2.75) is 32.1 Å². The van der Waals surface area contributed by atoms with Crippen LogP contribution in [0.4, 0.5) is 8.78 Å². The van der Waals surface area contributed by atoms with Crippen LogP contribution < -0.4 is 10.6 Å². The molecular formula is C15H23F2N3S. The SMILES string of the molecule is CCNC(=NCC(C)SC)NC(C)c1ccc(F)c(F)c1. The first-order valence-electron chi connectivity index (χ1n) is 7.00. The van der Waals surface area contributed by atoms with Gasteiger partial charge >= 0.3 is 0 Å². The van der Waals surface area contributed by atoms with Crippen LogP contribution in [0, 0.1) is 11.6 Å². The number of benzene rings is 1. The summed E-state index contributed by atoms with van der Waals surface area (Å²) in [4.78, 5) is 4.50. The Bertz CT molecular complexity index is 480. The van der Waals surface area contributed by atoms with Crippen molar-refractivity contribution in [1.29, 1.82) is 0 Å². The molecule has 2 N–H and O–H groups in total. The second-order valence-electron chi connectivity index (χ2n) is 4.81. The van der Waals surface area contributed by atoms with Crippen LogP contribution in [-0.4, -0.2) is 30.6 Å². The van der Waals surface area contributed by atoms with E-state index in [4.69, 9.17) is 0 Å². The average Bonchev–Trinajstić information content (AvgIpc) is 2.47. The fourth-order valence-electron chi connectivity index (χ4n) is 1.68. The van der Waals surface area contributed by atoms with Crippen LogP contribution in [0.2, 0.25) is 0 Å². The van der Waals surface area contributed by atoms with E-state index in [1.807, 2.05) is 20.1 Å². The summed E-state index contributed by atoms with van der Waals surface area (Å²) in [7, 11) is 0. The Morgan fingerprint density at radius 3 is 2.57 bits per heavy atom. The molecule has 1 rings (SSSR count). The number of aliphatic imine (C=N–C) groups is 1. The third-order valence-electron chi connectivity index (χ3n) is 3.05. The zero-order valence-electron chi connectivity index (χ0n) is 12.9. The largest absolute Gasteiger partial charge is 0.357 e. The predicted molar refractivity (Wildman–Crippen MR) is 86.9 cm³/mol. The van der Waals surface area contributed by atoms with Gasteiger partial charge in [-0.1, -0.05) is 13.0 Å². The Balaban J connectivity index is 2.75. The summed E-state index contributed by atoms with van der Waals surface area (Å²) in [5.74, 6) is -0.991. The van der Waals surface area contributed by atoms with E-state index in [0.29, 0.717) is 23.3 Å². The Morgan fingerprint density at radius 2 is 2.00 bits per heavy atom. The highest BCUT2D eigenvalue weighted by Gasteiger charge is 2.11. The van der Waals surface area contributed by atoms with Gasteiger partial charge in [0.25, 0.3) is 0 Å². The molecule has 3 nitrogen and oxygen atoms in total. The molecule has 21 heavy (non-hydrogen) atoms. The lowest BCUT2D eigenvalue weighted by Crippen LogP contribution is -2.39. The molecule has 118 valence electrons. The van der Waals surface area contributed by atoms with Gasteiger partial charge in [-0.15, -0.1) is 0 Å². The van der Waals surface area contributed by atoms with Crippen molar-refractivity contribution in [2.75, 3.05) is 19.3 Å². The lowest BCUT2D eigenvalue weighted by molar-refractivity contribution is 0.504. The fourth-order valence-corrected chi connectivity index (χ4v) is 1.91. The number of guanidine groups is 1. The first kappa shape index (κ1) is 17.8. The Hall–Kier alpha value is -1.30. The minimum absolute atomic E-state index is 0.164. The molecular weight excluding hydrogens is 292 g/mol. The molecule has 0 aliphatic carbocycles. The lowest BCUT2D eigenvalue weighted by Gasteiger charge is -2.19. The Morgan fingerprint density at radius 1 is 1.29 bits per heavy atom. The quantitative estimate of drug-likeness (QED) is 0.624. The van der Waals surface area contributed by atoms with E-state index >= 15 is 0 Å². The summed E-state index contributed by atoms with van der Waals surface area (Å²) in [5.41, 5.74) is 0.678. The number of nitrogens with zero attached hydrogens (tertiary/aromatic N) is 1. The molecule has 0 bridgehead atoms. The molecule has 6 heteroatoms. The first-order valence-corrected chi connectivity index (χ1v) is 8.29. The van der Waals surface area contributed by atoms with Crippen LogP contribution in [-0.2, 0) is 0 Å². The molecule has 2 unspecified atom stereocenters. The van der Waals surface area contributed by atoms with E-state index in [2.05, 4.69) is 22.5 Å². The standard InChI is InChI=1S/C15H23F2N3S/c1-5-18-15(19-9-10(2)21-4)20-11(3)12-6-7-13(16)14(17)8-12/h6-8,10-11H,5,9H2,1-4H3,(H2,18,19,20). The van der Waals surface area contributed by atoms with Crippen LogP contribution >= 0.6 is 11.8 Å². The topological polar surface area (TPSA) is 36.4 Å². The molecule has 0 aliphatic rings. The van der Waals surface area contributed by atoms with Crippen LogP contribution in [0.5, 0.6) is 0 Å². The highest BCUT2D eigenvalue weighted by molar-refractivity contribution is 7.99. The van der Waals surface area contributed by atoms with Crippen LogP contribution in [0.25, 0.3) is 0 Å². The summed E-state index contributed by atoms with van der Waals surface area (Å²) >= 11 is 1.75. The maximum absolute atomic E-state index is 13.3. The molecule has 0 amide bonds. The van der Waals surface area contributed by atoms with E-state index in [1.54, 1.807) is 17.8 Å². The van der Waals surface area contributed by atoms with Crippen molar-refractivity contribution in [3.8, 4) is 0 Å². The second kappa shape index (κ2) is 8.87. The minimum atomic E-state index is -0.834. The van der Waals surface area contributed by atoms with E-state index < -0.39 is 11.6 Å². The fraction of sp³-hybridized carbons (Fsp3) is 0.533. The molecule has 0 saturated heterocycles. The van der Waals surface area contributed by atoms with Gasteiger partial charge in [-0.3, -0.25) is 4.99 Å². The molecule has 2 atom stereocenters. The third kappa shape index (κ3) is 5.91. The van der Waals surface area contributed by atoms with E-state index in [-0.39, 0.29) is 6.04 Å². The summed E-state index contributed by atoms with van der Waals surface area (Å²) in [6, 6.07) is 3.76. The first-order chi connectivity index (χ1) is 9.97. The van der Waals surface area contributed by atoms with E-state index in [1.165, 1.54) is 6.07 Å². The zero-order chi connectivity index (χ0) is 15.8. The maximum Gasteiger partial charge on any atom is 0.191 e. The molecule has 0 aromatic heterocycles. The average molecular weight is 315 g/mol. The van der Waals surface area contributed by atoms with Gasteiger partial charge in [0.1, 0.15) is 0 Å². The van der Waals surface area contributed by atoms with Crippen LogP contribution in [0.15, 0.2) is 23.2 Å². The van der Waals surface area contributed by atoms with Gasteiger partial charge < -0.3 is 10.6 Å². The number of halogens is 2. The van der Waals surface area contributed by atoms with Crippen LogP contribution in [0.1, 0.15) is 32.4 Å². The normalized spacial score (nSPS) is 14.7. The van der Waals surface area contributed by atoms with Gasteiger partial charge in [0.15, 0.2) is 17.6 Å². The maximum atomic E-state index is 13.3. The second-order valence-corrected chi connectivity index (χ2v) is 6.08. The number of hydrogen-bond acceptors (Lipinski definition) is 2. The highest BCUT2D eigenvalue weighted by atomic mass is 32.2. The summed E-state index contributed by atoms with van der Waals surface area (Å²) in [5, 5.41) is 6.78. The molecule has 0 aliphatic heterocycles. The number of hydrogen-bond donors (Lipinski definition) is 2. The minimum Gasteiger partial charge on any atom is -0.357 e. The van der Waals surface area contributed by atoms with Crippen molar-refractivity contribution in [1.82, 2.24) is 10.6 Å². The number of rotatable bonds is 6. The zero-order valence-corrected chi connectivity index (χ0v) is 13.7. The molecule has 0 heterocycles. The Kier molecular flexibility index (Phi) is 7.50. The van der Waals surface area contributed by atoms with Gasteiger partial charge in [0.2, 0.25) is 0 Å². The number of thioether (sulfide) groups is 1. The molecule has 0 spiro atoms. The van der Waals surface area contributed by atoms with E-state index in [0.717, 1.165) is 12.6 Å². The summed E-state index contributed by atoms with van der Waals surface area (Å²) in [6.45, 7) is 7.41. The van der Waals surface area contributed by atoms with Crippen molar-refractivity contribution < 1.29 is 8.78 Å². The van der Waals surface area contributed by atoms with Gasteiger partial charge in [0, 0.05) is 11.8 Å². The lowest BCUT2D eigenvalue weighted by atomic mass is 10.1. The van der Waals surface area contributed by atoms with E-state index in [9.17, 15) is 8.78 Å².